The topological polar surface area (TPSA) is 37.8 Å². The maximum Gasteiger partial charge on any atom is 0.163 e. The molecule has 1 aromatic heterocycles. The molecular weight excluding hydrogens is 293 g/mol. The summed E-state index contributed by atoms with van der Waals surface area (Å²) in [5.74, 6) is 1.90. The third-order valence-electron chi connectivity index (χ3n) is 2.85. The van der Waals surface area contributed by atoms with Crippen LogP contribution in [0.5, 0.6) is 0 Å². The molecule has 1 N–H and O–H groups in total. The van der Waals surface area contributed by atoms with Crippen LogP contribution < -0.4 is 5.32 Å². The third-order valence-corrected chi connectivity index (χ3v) is 3.66. The number of nitrogens with one attached hydrogen (secondary N) is 1. The van der Waals surface area contributed by atoms with Crippen LogP contribution in [-0.2, 0) is 6.42 Å². The van der Waals surface area contributed by atoms with Gasteiger partial charge in [0.2, 0.25) is 0 Å². The number of halogens is 2. The molecule has 0 bridgehead atoms. The summed E-state index contributed by atoms with van der Waals surface area (Å²) >= 11 is 12.3. The average molecular weight is 310 g/mol. The van der Waals surface area contributed by atoms with Gasteiger partial charge in [0.1, 0.15) is 5.82 Å². The van der Waals surface area contributed by atoms with Crippen molar-refractivity contribution >= 4 is 29.0 Å². The summed E-state index contributed by atoms with van der Waals surface area (Å²) < 4.78 is 0. The van der Waals surface area contributed by atoms with Gasteiger partial charge < -0.3 is 5.32 Å². The van der Waals surface area contributed by atoms with Gasteiger partial charge in [0, 0.05) is 24.4 Å². The fourth-order valence-electron chi connectivity index (χ4n) is 1.95. The maximum absolute atomic E-state index is 6.25. The molecule has 20 heavy (non-hydrogen) atoms. The Bertz CT molecular complexity index is 612. The van der Waals surface area contributed by atoms with Crippen LogP contribution in [-0.4, -0.2) is 17.0 Å². The van der Waals surface area contributed by atoms with E-state index >= 15 is 0 Å². The highest BCUT2D eigenvalue weighted by atomic mass is 35.5. The van der Waals surface area contributed by atoms with Crippen molar-refractivity contribution in [3.63, 3.8) is 0 Å². The SMILES string of the molecule is CNc1cc(CC(C)C)nc(-c2cccc(Cl)c2Cl)n1. The number of rotatable bonds is 4. The molecule has 0 aliphatic rings. The van der Waals surface area contributed by atoms with Gasteiger partial charge in [-0.1, -0.05) is 43.1 Å². The highest BCUT2D eigenvalue weighted by molar-refractivity contribution is 6.43. The molecule has 106 valence electrons. The van der Waals surface area contributed by atoms with Crippen LogP contribution >= 0.6 is 23.2 Å². The molecule has 0 unspecified atom stereocenters. The van der Waals surface area contributed by atoms with Crippen LogP contribution in [0.25, 0.3) is 11.4 Å². The zero-order valence-corrected chi connectivity index (χ0v) is 13.3. The van der Waals surface area contributed by atoms with Gasteiger partial charge in [0.25, 0.3) is 0 Å². The van der Waals surface area contributed by atoms with E-state index in [9.17, 15) is 0 Å². The Labute approximate surface area is 129 Å². The molecule has 2 rings (SSSR count). The molecule has 0 saturated heterocycles. The van der Waals surface area contributed by atoms with Crippen LogP contribution in [0.2, 0.25) is 10.0 Å². The quantitative estimate of drug-likeness (QED) is 0.890. The molecule has 0 radical (unpaired) electrons. The van der Waals surface area contributed by atoms with Gasteiger partial charge in [-0.2, -0.15) is 0 Å². The Kier molecular flexibility index (Phi) is 4.84. The second-order valence-corrected chi connectivity index (χ2v) is 5.80. The molecule has 0 amide bonds. The predicted octanol–water partition coefficient (Wildman–Crippen LogP) is 4.69. The number of aromatic nitrogens is 2. The number of hydrogen-bond donors (Lipinski definition) is 1. The van der Waals surface area contributed by atoms with Crippen molar-refractivity contribution in [1.82, 2.24) is 9.97 Å². The standard InChI is InChI=1S/C15H17Cl2N3/c1-9(2)7-10-8-13(18-3)20-15(19-10)11-5-4-6-12(16)14(11)17/h4-6,8-9H,7H2,1-3H3,(H,18,19,20). The Morgan fingerprint density at radius 3 is 2.60 bits per heavy atom. The number of anilines is 1. The zero-order valence-electron chi connectivity index (χ0n) is 11.7. The van der Waals surface area contributed by atoms with Gasteiger partial charge in [0.05, 0.1) is 10.0 Å². The molecule has 0 atom stereocenters. The number of nitrogens with zero attached hydrogens (tertiary/aromatic N) is 2. The summed E-state index contributed by atoms with van der Waals surface area (Å²) in [6, 6.07) is 7.44. The van der Waals surface area contributed by atoms with Crippen LogP contribution in [0.3, 0.4) is 0 Å². The van der Waals surface area contributed by atoms with Gasteiger partial charge in [-0.3, -0.25) is 0 Å². The summed E-state index contributed by atoms with van der Waals surface area (Å²) in [6.45, 7) is 4.32. The summed E-state index contributed by atoms with van der Waals surface area (Å²) in [5.41, 5.74) is 1.74. The Morgan fingerprint density at radius 1 is 1.20 bits per heavy atom. The molecule has 3 nitrogen and oxygen atoms in total. The second kappa shape index (κ2) is 6.42. The third kappa shape index (κ3) is 3.41. The van der Waals surface area contributed by atoms with Gasteiger partial charge in [-0.05, 0) is 24.5 Å². The van der Waals surface area contributed by atoms with Crippen LogP contribution in [0, 0.1) is 5.92 Å². The molecule has 0 spiro atoms. The van der Waals surface area contributed by atoms with E-state index in [4.69, 9.17) is 23.2 Å². The monoisotopic (exact) mass is 309 g/mol. The van der Waals surface area contributed by atoms with E-state index in [0.29, 0.717) is 21.8 Å². The molecule has 0 fully saturated rings. The van der Waals surface area contributed by atoms with Crippen molar-refractivity contribution in [1.29, 1.82) is 0 Å². The maximum atomic E-state index is 6.25. The van der Waals surface area contributed by atoms with E-state index in [1.165, 1.54) is 0 Å². The number of hydrogen-bond acceptors (Lipinski definition) is 3. The van der Waals surface area contributed by atoms with E-state index in [1.54, 1.807) is 6.07 Å². The Morgan fingerprint density at radius 2 is 1.95 bits per heavy atom. The fourth-order valence-corrected chi connectivity index (χ4v) is 2.33. The highest BCUT2D eigenvalue weighted by Crippen LogP contribution is 2.32. The minimum absolute atomic E-state index is 0.484. The first-order valence-electron chi connectivity index (χ1n) is 6.51. The fraction of sp³-hybridized carbons (Fsp3) is 0.333. The minimum Gasteiger partial charge on any atom is -0.373 e. The van der Waals surface area contributed by atoms with Gasteiger partial charge in [-0.15, -0.1) is 0 Å². The van der Waals surface area contributed by atoms with E-state index < -0.39 is 0 Å². The normalized spacial score (nSPS) is 10.9. The van der Waals surface area contributed by atoms with Gasteiger partial charge >= 0.3 is 0 Å². The molecule has 0 saturated carbocycles. The summed E-state index contributed by atoms with van der Waals surface area (Å²) in [7, 11) is 1.84. The zero-order chi connectivity index (χ0) is 14.7. The molecule has 5 heteroatoms. The van der Waals surface area contributed by atoms with Crippen molar-refractivity contribution in [2.75, 3.05) is 12.4 Å². The Balaban J connectivity index is 2.52. The van der Waals surface area contributed by atoms with E-state index in [-0.39, 0.29) is 0 Å². The lowest BCUT2D eigenvalue weighted by molar-refractivity contribution is 0.635. The first-order valence-corrected chi connectivity index (χ1v) is 7.27. The lowest BCUT2D eigenvalue weighted by Gasteiger charge is -2.11. The first kappa shape index (κ1) is 15.1. The van der Waals surface area contributed by atoms with Crippen molar-refractivity contribution in [3.8, 4) is 11.4 Å². The summed E-state index contributed by atoms with van der Waals surface area (Å²) in [6.07, 6.45) is 0.891. The van der Waals surface area contributed by atoms with E-state index in [0.717, 1.165) is 23.5 Å². The van der Waals surface area contributed by atoms with Crippen LogP contribution in [0.4, 0.5) is 5.82 Å². The second-order valence-electron chi connectivity index (χ2n) is 5.02. The van der Waals surface area contributed by atoms with Crippen molar-refractivity contribution in [2.24, 2.45) is 5.92 Å². The van der Waals surface area contributed by atoms with Crippen molar-refractivity contribution in [2.45, 2.75) is 20.3 Å². The van der Waals surface area contributed by atoms with Gasteiger partial charge in [-0.25, -0.2) is 9.97 Å². The first-order chi connectivity index (χ1) is 9.51. The summed E-state index contributed by atoms with van der Waals surface area (Å²) in [5, 5.41) is 4.05. The molecule has 0 aliphatic carbocycles. The number of benzene rings is 1. The molecule has 1 aromatic carbocycles. The lowest BCUT2D eigenvalue weighted by atomic mass is 10.1. The molecule has 2 aromatic rings. The Hall–Kier alpha value is -1.32. The molecular formula is C15H17Cl2N3. The molecule has 1 heterocycles. The van der Waals surface area contributed by atoms with Crippen LogP contribution in [0.15, 0.2) is 24.3 Å². The highest BCUT2D eigenvalue weighted by Gasteiger charge is 2.12. The van der Waals surface area contributed by atoms with Crippen molar-refractivity contribution in [3.05, 3.63) is 40.0 Å². The lowest BCUT2D eigenvalue weighted by Crippen LogP contribution is -2.04. The predicted molar refractivity (Wildman–Crippen MR) is 85.6 cm³/mol. The van der Waals surface area contributed by atoms with Crippen molar-refractivity contribution < 1.29 is 0 Å². The average Bonchev–Trinajstić information content (AvgIpc) is 2.40. The van der Waals surface area contributed by atoms with Gasteiger partial charge in [0.15, 0.2) is 5.82 Å². The van der Waals surface area contributed by atoms with Crippen LogP contribution in [0.1, 0.15) is 19.5 Å². The smallest absolute Gasteiger partial charge is 0.163 e. The largest absolute Gasteiger partial charge is 0.373 e. The molecule has 0 aliphatic heterocycles. The van der Waals surface area contributed by atoms with E-state index in [2.05, 4.69) is 29.1 Å². The van der Waals surface area contributed by atoms with E-state index in [1.807, 2.05) is 25.2 Å². The summed E-state index contributed by atoms with van der Waals surface area (Å²) in [4.78, 5) is 9.07. The minimum atomic E-state index is 0.484.